The van der Waals surface area contributed by atoms with Crippen LogP contribution in [0.4, 0.5) is 31.9 Å². The molecule has 1 aromatic carbocycles. The number of halogens is 2. The van der Waals surface area contributed by atoms with Gasteiger partial charge in [0.2, 0.25) is 5.95 Å². The molecule has 10 heteroatoms. The molecule has 0 radical (unpaired) electrons. The van der Waals surface area contributed by atoms with E-state index in [1.54, 1.807) is 6.20 Å². The Bertz CT molecular complexity index is 959. The van der Waals surface area contributed by atoms with Gasteiger partial charge in [0.05, 0.1) is 24.1 Å². The van der Waals surface area contributed by atoms with Crippen molar-refractivity contribution in [1.29, 1.82) is 0 Å². The fourth-order valence-corrected chi connectivity index (χ4v) is 5.08. The summed E-state index contributed by atoms with van der Waals surface area (Å²) in [4.78, 5) is 11.2. The van der Waals surface area contributed by atoms with Crippen LogP contribution in [0.25, 0.3) is 0 Å². The largest absolute Gasteiger partial charge is 0.393 e. The molecule has 1 aliphatic heterocycles. The van der Waals surface area contributed by atoms with Crippen molar-refractivity contribution in [2.45, 2.75) is 81.9 Å². The topological polar surface area (TPSA) is 106 Å². The van der Waals surface area contributed by atoms with Gasteiger partial charge < -0.3 is 31.1 Å². The molecule has 2 aromatic rings. The quantitative estimate of drug-likeness (QED) is 0.462. The molecule has 2 aliphatic carbocycles. The molecule has 0 bridgehead atoms. The Morgan fingerprint density at radius 3 is 2.21 bits per heavy atom. The number of aliphatic hydroxyl groups excluding tert-OH is 2. The molecule has 0 spiro atoms. The van der Waals surface area contributed by atoms with Crippen molar-refractivity contribution in [3.63, 3.8) is 0 Å². The second-order valence-corrected chi connectivity index (χ2v) is 9.24. The number of fused-ring (bicyclic) bond motifs is 1. The molecular formula is C23H30F2N6O2. The summed E-state index contributed by atoms with van der Waals surface area (Å²) in [5, 5.41) is 29.4. The molecular weight excluding hydrogens is 430 g/mol. The van der Waals surface area contributed by atoms with E-state index in [2.05, 4.69) is 20.9 Å². The van der Waals surface area contributed by atoms with Crippen LogP contribution in [0.2, 0.25) is 0 Å². The Labute approximate surface area is 191 Å². The smallest absolute Gasteiger partial charge is 0.224 e. The average Bonchev–Trinajstić information content (AvgIpc) is 3.16. The van der Waals surface area contributed by atoms with E-state index in [1.165, 1.54) is 18.2 Å². The third kappa shape index (κ3) is 4.67. The zero-order chi connectivity index (χ0) is 22.9. The zero-order valence-electron chi connectivity index (χ0n) is 18.3. The summed E-state index contributed by atoms with van der Waals surface area (Å²) < 4.78 is 28.7. The number of nitrogens with one attached hydrogen (secondary N) is 3. The summed E-state index contributed by atoms with van der Waals surface area (Å²) in [5.74, 6) is -0.172. The van der Waals surface area contributed by atoms with Gasteiger partial charge in [-0.05, 0) is 63.5 Å². The number of rotatable bonds is 5. The van der Waals surface area contributed by atoms with E-state index in [4.69, 9.17) is 4.98 Å². The maximum absolute atomic E-state index is 14.4. The van der Waals surface area contributed by atoms with E-state index in [0.717, 1.165) is 38.5 Å². The van der Waals surface area contributed by atoms with Gasteiger partial charge in [-0.1, -0.05) is 6.07 Å². The van der Waals surface area contributed by atoms with Gasteiger partial charge in [-0.2, -0.15) is 4.98 Å². The van der Waals surface area contributed by atoms with E-state index in [-0.39, 0.29) is 30.0 Å². The first-order valence-corrected chi connectivity index (χ1v) is 11.7. The van der Waals surface area contributed by atoms with Gasteiger partial charge in [-0.3, -0.25) is 0 Å². The fourth-order valence-electron chi connectivity index (χ4n) is 5.08. The first-order chi connectivity index (χ1) is 16.0. The van der Waals surface area contributed by atoms with Crippen molar-refractivity contribution in [2.24, 2.45) is 0 Å². The minimum Gasteiger partial charge on any atom is -0.393 e. The molecule has 2 fully saturated rings. The van der Waals surface area contributed by atoms with Crippen LogP contribution in [0.1, 0.15) is 51.4 Å². The minimum atomic E-state index is -0.667. The lowest BCUT2D eigenvalue weighted by Gasteiger charge is -2.38. The maximum atomic E-state index is 14.4. The molecule has 2 heterocycles. The molecule has 3 aliphatic rings. The van der Waals surface area contributed by atoms with Gasteiger partial charge in [0.15, 0.2) is 12.1 Å². The van der Waals surface area contributed by atoms with Gasteiger partial charge in [-0.15, -0.1) is 0 Å². The van der Waals surface area contributed by atoms with Crippen LogP contribution in [0.3, 0.4) is 0 Å². The van der Waals surface area contributed by atoms with E-state index < -0.39 is 17.9 Å². The van der Waals surface area contributed by atoms with Crippen molar-refractivity contribution < 1.29 is 19.0 Å². The molecule has 0 saturated heterocycles. The Balaban J connectivity index is 1.41. The standard InChI is InChI=1S/C23H30F2N6O2/c24-17-2-1-3-18(25)20(17)29-23-28-19-12-26-22(27-13-4-8-15(32)9-5-13)30-21(19)31(23)14-6-10-16(33)11-7-14/h1-3,12-16,23,28-29,32-33H,4-11H2,(H,26,27,30). The van der Waals surface area contributed by atoms with Gasteiger partial charge in [0, 0.05) is 12.1 Å². The molecule has 8 nitrogen and oxygen atoms in total. The summed E-state index contributed by atoms with van der Waals surface area (Å²) in [6.07, 6.45) is 6.53. The molecule has 33 heavy (non-hydrogen) atoms. The molecule has 1 aromatic heterocycles. The monoisotopic (exact) mass is 460 g/mol. The molecule has 0 amide bonds. The summed E-state index contributed by atoms with van der Waals surface area (Å²) in [6, 6.07) is 4.01. The predicted octanol–water partition coefficient (Wildman–Crippen LogP) is 3.40. The first kappa shape index (κ1) is 22.1. The highest BCUT2D eigenvalue weighted by Crippen LogP contribution is 2.39. The Kier molecular flexibility index (Phi) is 6.20. The van der Waals surface area contributed by atoms with Crippen molar-refractivity contribution in [3.8, 4) is 0 Å². The third-order valence-corrected chi connectivity index (χ3v) is 6.92. The number of aromatic nitrogens is 2. The number of anilines is 4. The second kappa shape index (κ2) is 9.26. The van der Waals surface area contributed by atoms with Gasteiger partial charge in [0.1, 0.15) is 17.3 Å². The second-order valence-electron chi connectivity index (χ2n) is 9.24. The number of hydrogen-bond donors (Lipinski definition) is 5. The lowest BCUT2D eigenvalue weighted by atomic mass is 9.92. The Morgan fingerprint density at radius 2 is 1.55 bits per heavy atom. The predicted molar refractivity (Wildman–Crippen MR) is 122 cm³/mol. The molecule has 1 atom stereocenters. The SMILES string of the molecule is OC1CCC(Nc2ncc3c(n2)N(C2CCC(O)CC2)C(Nc2c(F)cccc2F)N3)CC1. The highest BCUT2D eigenvalue weighted by Gasteiger charge is 2.38. The summed E-state index contributed by atoms with van der Waals surface area (Å²) in [6.45, 7) is 0. The van der Waals surface area contributed by atoms with E-state index in [1.807, 2.05) is 4.90 Å². The van der Waals surface area contributed by atoms with Gasteiger partial charge >= 0.3 is 0 Å². The third-order valence-electron chi connectivity index (χ3n) is 6.92. The highest BCUT2D eigenvalue weighted by molar-refractivity contribution is 5.74. The van der Waals surface area contributed by atoms with Crippen LogP contribution in [-0.2, 0) is 0 Å². The summed E-state index contributed by atoms with van der Waals surface area (Å²) in [7, 11) is 0. The normalized spacial score (nSPS) is 29.3. The van der Waals surface area contributed by atoms with Crippen molar-refractivity contribution in [2.75, 3.05) is 20.9 Å². The Hall–Kier alpha value is -2.72. The number of aliphatic hydroxyl groups is 2. The minimum absolute atomic E-state index is 0.0436. The summed E-state index contributed by atoms with van der Waals surface area (Å²) in [5.41, 5.74) is 0.482. The van der Waals surface area contributed by atoms with E-state index >= 15 is 0 Å². The highest BCUT2D eigenvalue weighted by atomic mass is 19.1. The van der Waals surface area contributed by atoms with Crippen LogP contribution >= 0.6 is 0 Å². The van der Waals surface area contributed by atoms with Crippen molar-refractivity contribution in [1.82, 2.24) is 9.97 Å². The average molecular weight is 461 g/mol. The lowest BCUT2D eigenvalue weighted by molar-refractivity contribution is 0.121. The number of benzene rings is 1. The number of para-hydroxylation sites is 1. The van der Waals surface area contributed by atoms with Crippen LogP contribution in [0, 0.1) is 11.6 Å². The molecule has 5 rings (SSSR count). The van der Waals surface area contributed by atoms with Gasteiger partial charge in [0.25, 0.3) is 0 Å². The van der Waals surface area contributed by atoms with E-state index in [0.29, 0.717) is 30.3 Å². The summed E-state index contributed by atoms with van der Waals surface area (Å²) >= 11 is 0. The van der Waals surface area contributed by atoms with Gasteiger partial charge in [-0.25, -0.2) is 13.8 Å². The molecule has 1 unspecified atom stereocenters. The number of hydrogen-bond acceptors (Lipinski definition) is 8. The first-order valence-electron chi connectivity index (χ1n) is 11.7. The maximum Gasteiger partial charge on any atom is 0.224 e. The van der Waals surface area contributed by atoms with Crippen molar-refractivity contribution in [3.05, 3.63) is 36.0 Å². The number of nitrogens with zero attached hydrogens (tertiary/aromatic N) is 3. The lowest BCUT2D eigenvalue weighted by Crippen LogP contribution is -2.50. The molecule has 5 N–H and O–H groups in total. The van der Waals surface area contributed by atoms with Crippen LogP contribution in [-0.4, -0.2) is 50.8 Å². The Morgan fingerprint density at radius 1 is 0.909 bits per heavy atom. The van der Waals surface area contributed by atoms with Crippen LogP contribution < -0.4 is 20.9 Å². The zero-order valence-corrected chi connectivity index (χ0v) is 18.3. The molecule has 2 saturated carbocycles. The van der Waals surface area contributed by atoms with Crippen LogP contribution in [0.15, 0.2) is 24.4 Å². The van der Waals surface area contributed by atoms with Crippen LogP contribution in [0.5, 0.6) is 0 Å². The molecule has 178 valence electrons. The fraction of sp³-hybridized carbons (Fsp3) is 0.565. The van der Waals surface area contributed by atoms with Crippen molar-refractivity contribution >= 4 is 23.1 Å². The van der Waals surface area contributed by atoms with E-state index in [9.17, 15) is 19.0 Å².